The summed E-state index contributed by atoms with van der Waals surface area (Å²) in [6.45, 7) is 2.13. The van der Waals surface area contributed by atoms with Crippen molar-refractivity contribution in [3.05, 3.63) is 47.7 Å². The van der Waals surface area contributed by atoms with Gasteiger partial charge >= 0.3 is 6.18 Å². The summed E-state index contributed by atoms with van der Waals surface area (Å²) in [5.74, 6) is -0.139. The zero-order valence-electron chi connectivity index (χ0n) is 16.2. The highest BCUT2D eigenvalue weighted by Gasteiger charge is 2.33. The number of piperazine rings is 1. The minimum atomic E-state index is -4.46. The number of hydrogen-bond acceptors (Lipinski definition) is 4. The molecule has 0 radical (unpaired) electrons. The van der Waals surface area contributed by atoms with Crippen LogP contribution in [0.25, 0.3) is 11.3 Å². The summed E-state index contributed by atoms with van der Waals surface area (Å²) >= 11 is 0. The molecule has 2 aliphatic heterocycles. The van der Waals surface area contributed by atoms with E-state index in [1.807, 2.05) is 0 Å². The first-order valence-electron chi connectivity index (χ1n) is 9.80. The van der Waals surface area contributed by atoms with Gasteiger partial charge in [-0.05, 0) is 37.1 Å². The van der Waals surface area contributed by atoms with Crippen molar-refractivity contribution in [1.29, 1.82) is 0 Å². The van der Waals surface area contributed by atoms with E-state index in [9.17, 15) is 22.8 Å². The Bertz CT molecular complexity index is 926. The van der Waals surface area contributed by atoms with E-state index in [-0.39, 0.29) is 35.0 Å². The van der Waals surface area contributed by atoms with Gasteiger partial charge in [-0.3, -0.25) is 9.59 Å². The zero-order valence-corrected chi connectivity index (χ0v) is 16.2. The predicted molar refractivity (Wildman–Crippen MR) is 101 cm³/mol. The van der Waals surface area contributed by atoms with Gasteiger partial charge in [0.05, 0.1) is 5.56 Å². The average Bonchev–Trinajstić information content (AvgIpc) is 3.45. The Morgan fingerprint density at radius 1 is 1.00 bits per heavy atom. The molecule has 6 nitrogen and oxygen atoms in total. The first-order chi connectivity index (χ1) is 14.3. The number of carbonyl (C=O) groups is 2. The SMILES string of the molecule is O=C(c1ccc(-c2cccc(C(F)(F)F)c2)o1)N1CCN(C(=O)C2CCCO2)CC1. The number of alkyl halides is 3. The van der Waals surface area contributed by atoms with Crippen LogP contribution in [0, 0.1) is 0 Å². The minimum absolute atomic E-state index is 0.0376. The molecule has 2 aromatic rings. The first-order valence-corrected chi connectivity index (χ1v) is 9.80. The molecule has 2 amide bonds. The van der Waals surface area contributed by atoms with Gasteiger partial charge in [0, 0.05) is 38.3 Å². The Hall–Kier alpha value is -2.81. The Labute approximate surface area is 171 Å². The molecule has 0 bridgehead atoms. The van der Waals surface area contributed by atoms with E-state index in [0.29, 0.717) is 32.8 Å². The van der Waals surface area contributed by atoms with Gasteiger partial charge in [-0.1, -0.05) is 12.1 Å². The van der Waals surface area contributed by atoms with Gasteiger partial charge in [0.15, 0.2) is 5.76 Å². The zero-order chi connectivity index (χ0) is 21.3. The van der Waals surface area contributed by atoms with Gasteiger partial charge in [-0.25, -0.2) is 0 Å². The van der Waals surface area contributed by atoms with Crippen molar-refractivity contribution in [2.45, 2.75) is 25.1 Å². The Balaban J connectivity index is 1.40. The normalized spacial score (nSPS) is 19.9. The van der Waals surface area contributed by atoms with E-state index in [2.05, 4.69) is 0 Å². The number of ether oxygens (including phenoxy) is 1. The fraction of sp³-hybridized carbons (Fsp3) is 0.429. The molecule has 0 spiro atoms. The molecule has 2 aliphatic rings. The van der Waals surface area contributed by atoms with Gasteiger partial charge in [-0.15, -0.1) is 0 Å². The van der Waals surface area contributed by atoms with Crippen molar-refractivity contribution >= 4 is 11.8 Å². The number of rotatable bonds is 3. The van der Waals surface area contributed by atoms with Crippen LogP contribution in [0.4, 0.5) is 13.2 Å². The van der Waals surface area contributed by atoms with Crippen molar-refractivity contribution in [2.24, 2.45) is 0 Å². The summed E-state index contributed by atoms with van der Waals surface area (Å²) in [6.07, 6.45) is -3.24. The van der Waals surface area contributed by atoms with E-state index in [1.54, 1.807) is 9.80 Å². The third-order valence-electron chi connectivity index (χ3n) is 5.37. The van der Waals surface area contributed by atoms with Crippen molar-refractivity contribution in [3.8, 4) is 11.3 Å². The molecular weight excluding hydrogens is 401 g/mol. The molecule has 0 N–H and O–H groups in total. The molecule has 1 unspecified atom stereocenters. The van der Waals surface area contributed by atoms with Crippen LogP contribution in [-0.2, 0) is 15.7 Å². The second kappa shape index (κ2) is 8.14. The van der Waals surface area contributed by atoms with Crippen LogP contribution in [0.5, 0.6) is 0 Å². The van der Waals surface area contributed by atoms with E-state index in [4.69, 9.17) is 9.15 Å². The number of benzene rings is 1. The number of hydrogen-bond donors (Lipinski definition) is 0. The molecule has 4 rings (SSSR count). The van der Waals surface area contributed by atoms with Gasteiger partial charge in [0.1, 0.15) is 11.9 Å². The second-order valence-electron chi connectivity index (χ2n) is 7.36. The van der Waals surface area contributed by atoms with Crippen LogP contribution >= 0.6 is 0 Å². The second-order valence-corrected chi connectivity index (χ2v) is 7.36. The lowest BCUT2D eigenvalue weighted by molar-refractivity contribution is -0.142. The van der Waals surface area contributed by atoms with E-state index in [1.165, 1.54) is 24.3 Å². The fourth-order valence-corrected chi connectivity index (χ4v) is 3.72. The summed E-state index contributed by atoms with van der Waals surface area (Å²) in [5.41, 5.74) is -0.535. The van der Waals surface area contributed by atoms with Crippen molar-refractivity contribution in [3.63, 3.8) is 0 Å². The third kappa shape index (κ3) is 4.21. The highest BCUT2D eigenvalue weighted by molar-refractivity contribution is 5.92. The molecule has 2 saturated heterocycles. The molecule has 0 saturated carbocycles. The monoisotopic (exact) mass is 422 g/mol. The van der Waals surface area contributed by atoms with Crippen molar-refractivity contribution in [2.75, 3.05) is 32.8 Å². The number of halogens is 3. The molecule has 0 aliphatic carbocycles. The lowest BCUT2D eigenvalue weighted by Gasteiger charge is -2.35. The summed E-state index contributed by atoms with van der Waals surface area (Å²) in [5, 5.41) is 0. The number of furan rings is 1. The van der Waals surface area contributed by atoms with Crippen LogP contribution in [0.2, 0.25) is 0 Å². The number of carbonyl (C=O) groups excluding carboxylic acids is 2. The van der Waals surface area contributed by atoms with E-state index in [0.717, 1.165) is 25.0 Å². The van der Waals surface area contributed by atoms with Crippen molar-refractivity contribution < 1.29 is 31.9 Å². The van der Waals surface area contributed by atoms with Crippen LogP contribution in [0.15, 0.2) is 40.8 Å². The maximum atomic E-state index is 12.9. The van der Waals surface area contributed by atoms with Crippen LogP contribution in [-0.4, -0.2) is 60.5 Å². The summed E-state index contributed by atoms with van der Waals surface area (Å²) < 4.78 is 49.7. The van der Waals surface area contributed by atoms with Gasteiger partial charge in [-0.2, -0.15) is 13.2 Å². The molecule has 30 heavy (non-hydrogen) atoms. The topological polar surface area (TPSA) is 63.0 Å². The largest absolute Gasteiger partial charge is 0.451 e. The Kier molecular flexibility index (Phi) is 5.55. The highest BCUT2D eigenvalue weighted by Crippen LogP contribution is 2.32. The summed E-state index contributed by atoms with van der Waals surface area (Å²) in [6, 6.07) is 7.71. The molecule has 160 valence electrons. The van der Waals surface area contributed by atoms with Crippen molar-refractivity contribution in [1.82, 2.24) is 9.80 Å². The highest BCUT2D eigenvalue weighted by atomic mass is 19.4. The lowest BCUT2D eigenvalue weighted by atomic mass is 10.1. The van der Waals surface area contributed by atoms with E-state index < -0.39 is 11.7 Å². The maximum Gasteiger partial charge on any atom is 0.416 e. The van der Waals surface area contributed by atoms with Gasteiger partial charge < -0.3 is 19.0 Å². The fourth-order valence-electron chi connectivity index (χ4n) is 3.72. The van der Waals surface area contributed by atoms with Crippen LogP contribution < -0.4 is 0 Å². The smallest absolute Gasteiger partial charge is 0.416 e. The van der Waals surface area contributed by atoms with Gasteiger partial charge in [0.2, 0.25) is 0 Å². The minimum Gasteiger partial charge on any atom is -0.451 e. The third-order valence-corrected chi connectivity index (χ3v) is 5.37. The summed E-state index contributed by atoms with van der Waals surface area (Å²) in [7, 11) is 0. The molecular formula is C21H21F3N2O4. The van der Waals surface area contributed by atoms with Crippen LogP contribution in [0.1, 0.15) is 29.0 Å². The molecule has 9 heteroatoms. The molecule has 2 fully saturated rings. The molecule has 1 aromatic heterocycles. The van der Waals surface area contributed by atoms with E-state index >= 15 is 0 Å². The number of nitrogens with zero attached hydrogens (tertiary/aromatic N) is 2. The maximum absolute atomic E-state index is 12.9. The van der Waals surface area contributed by atoms with Gasteiger partial charge in [0.25, 0.3) is 11.8 Å². The molecule has 3 heterocycles. The van der Waals surface area contributed by atoms with Crippen LogP contribution in [0.3, 0.4) is 0 Å². The standard InChI is InChI=1S/C21H21F3N2O4/c22-21(23,24)15-4-1-3-14(13-15)16-6-7-18(30-16)20(28)26-10-8-25(9-11-26)19(27)17-5-2-12-29-17/h1,3-4,6-7,13,17H,2,5,8-12H2. The Morgan fingerprint density at radius 3 is 2.40 bits per heavy atom. The molecule has 1 aromatic carbocycles. The predicted octanol–water partition coefficient (Wildman–Crippen LogP) is 3.43. The Morgan fingerprint density at radius 2 is 1.73 bits per heavy atom. The summed E-state index contributed by atoms with van der Waals surface area (Å²) in [4.78, 5) is 28.4. The average molecular weight is 422 g/mol. The molecule has 1 atom stereocenters. The lowest BCUT2D eigenvalue weighted by Crippen LogP contribution is -2.52. The first kappa shape index (κ1) is 20.5. The quantitative estimate of drug-likeness (QED) is 0.761. The number of amides is 2.